The number of aromatic nitrogens is 2. The molecule has 1 saturated heterocycles. The van der Waals surface area contributed by atoms with E-state index in [4.69, 9.17) is 34.8 Å². The molecular weight excluding hydrogens is 439 g/mol. The quantitative estimate of drug-likeness (QED) is 0.552. The molecule has 0 spiro atoms. The van der Waals surface area contributed by atoms with Crippen LogP contribution < -0.4 is 4.90 Å². The van der Waals surface area contributed by atoms with Crippen LogP contribution in [0.3, 0.4) is 0 Å². The van der Waals surface area contributed by atoms with Gasteiger partial charge in [-0.1, -0.05) is 53.0 Å². The first-order chi connectivity index (χ1) is 13.5. The Labute approximate surface area is 181 Å². The van der Waals surface area contributed by atoms with E-state index in [1.54, 1.807) is 18.5 Å². The van der Waals surface area contributed by atoms with E-state index in [1.807, 2.05) is 29.2 Å². The Morgan fingerprint density at radius 2 is 1.71 bits per heavy atom. The van der Waals surface area contributed by atoms with Crippen LogP contribution in [0.15, 0.2) is 42.7 Å². The molecule has 0 unspecified atom stereocenters. The number of carbonyl (C=O) groups is 1. The molecule has 9 heteroatoms. The van der Waals surface area contributed by atoms with Crippen molar-refractivity contribution in [2.45, 2.75) is 0 Å². The van der Waals surface area contributed by atoms with Gasteiger partial charge < -0.3 is 9.80 Å². The average molecular weight is 454 g/mol. The largest absolute Gasteiger partial charge is 0.352 e. The monoisotopic (exact) mass is 452 g/mol. The minimum absolute atomic E-state index is 0.0226. The Bertz CT molecular complexity index is 1020. The van der Waals surface area contributed by atoms with Gasteiger partial charge in [0.05, 0.1) is 21.3 Å². The van der Waals surface area contributed by atoms with E-state index in [1.165, 1.54) is 11.3 Å². The summed E-state index contributed by atoms with van der Waals surface area (Å²) >= 11 is 19.7. The zero-order valence-electron chi connectivity index (χ0n) is 14.6. The van der Waals surface area contributed by atoms with Gasteiger partial charge in [0, 0.05) is 37.9 Å². The summed E-state index contributed by atoms with van der Waals surface area (Å²) in [5.74, 6) is 0.669. The fraction of sp³-hybridized carbons (Fsp3) is 0.211. The summed E-state index contributed by atoms with van der Waals surface area (Å²) in [7, 11) is 0. The minimum atomic E-state index is -0.0226. The van der Waals surface area contributed by atoms with Gasteiger partial charge in [0.15, 0.2) is 0 Å². The Morgan fingerprint density at radius 3 is 2.43 bits per heavy atom. The minimum Gasteiger partial charge on any atom is -0.352 e. The molecule has 0 bridgehead atoms. The van der Waals surface area contributed by atoms with Crippen molar-refractivity contribution in [3.05, 3.63) is 62.7 Å². The molecule has 4 rings (SSSR count). The highest BCUT2D eigenvalue weighted by Crippen LogP contribution is 2.32. The van der Waals surface area contributed by atoms with Crippen LogP contribution in [0.25, 0.3) is 10.6 Å². The number of hydrogen-bond donors (Lipinski definition) is 0. The molecule has 1 fully saturated rings. The predicted octanol–water partition coefficient (Wildman–Crippen LogP) is 5.13. The number of nitrogens with zero attached hydrogens (tertiary/aromatic N) is 4. The highest BCUT2D eigenvalue weighted by Gasteiger charge is 2.25. The number of hydrogen-bond acceptors (Lipinski definition) is 5. The number of rotatable bonds is 3. The molecule has 3 heterocycles. The van der Waals surface area contributed by atoms with Crippen LogP contribution in [-0.4, -0.2) is 47.0 Å². The van der Waals surface area contributed by atoms with Gasteiger partial charge in [0.1, 0.15) is 15.7 Å². The van der Waals surface area contributed by atoms with E-state index in [2.05, 4.69) is 14.9 Å². The van der Waals surface area contributed by atoms with Crippen molar-refractivity contribution in [2.75, 3.05) is 31.1 Å². The summed E-state index contributed by atoms with van der Waals surface area (Å²) in [5.41, 5.74) is 0.835. The van der Waals surface area contributed by atoms with Gasteiger partial charge in [0.2, 0.25) is 0 Å². The van der Waals surface area contributed by atoms with Crippen molar-refractivity contribution < 1.29 is 4.79 Å². The van der Waals surface area contributed by atoms with Gasteiger partial charge >= 0.3 is 0 Å². The van der Waals surface area contributed by atoms with Crippen molar-refractivity contribution >= 4 is 57.9 Å². The number of anilines is 1. The van der Waals surface area contributed by atoms with Gasteiger partial charge in [-0.15, -0.1) is 11.3 Å². The number of pyridine rings is 1. The predicted molar refractivity (Wildman–Crippen MR) is 115 cm³/mol. The van der Waals surface area contributed by atoms with E-state index < -0.39 is 0 Å². The van der Waals surface area contributed by atoms with Crippen LogP contribution in [-0.2, 0) is 0 Å². The maximum Gasteiger partial charge on any atom is 0.265 e. The van der Waals surface area contributed by atoms with Crippen LogP contribution in [0, 0.1) is 0 Å². The molecule has 3 aromatic rings. The molecule has 1 aliphatic heterocycles. The second-order valence-electron chi connectivity index (χ2n) is 6.25. The number of benzene rings is 1. The van der Waals surface area contributed by atoms with Crippen LogP contribution in [0.1, 0.15) is 9.67 Å². The second-order valence-corrected chi connectivity index (χ2v) is 8.53. The smallest absolute Gasteiger partial charge is 0.265 e. The molecule has 28 heavy (non-hydrogen) atoms. The molecule has 0 radical (unpaired) electrons. The molecule has 0 atom stereocenters. The molecular formula is C19H15Cl3N4OS. The number of thiazole rings is 1. The summed E-state index contributed by atoms with van der Waals surface area (Å²) in [6.07, 6.45) is 3.20. The van der Waals surface area contributed by atoms with E-state index >= 15 is 0 Å². The van der Waals surface area contributed by atoms with Crippen molar-refractivity contribution in [3.63, 3.8) is 0 Å². The molecule has 1 aromatic carbocycles. The molecule has 0 N–H and O–H groups in total. The van der Waals surface area contributed by atoms with Gasteiger partial charge in [-0.3, -0.25) is 4.79 Å². The van der Waals surface area contributed by atoms with Crippen LogP contribution in [0.4, 0.5) is 5.82 Å². The zero-order chi connectivity index (χ0) is 19.7. The maximum absolute atomic E-state index is 12.9. The molecule has 2 aromatic heterocycles. The third-order valence-electron chi connectivity index (χ3n) is 4.48. The highest BCUT2D eigenvalue weighted by atomic mass is 35.5. The second kappa shape index (κ2) is 8.25. The molecule has 144 valence electrons. The standard InChI is InChI=1S/C19H15Cl3N4OS/c20-12-9-15(22)17(23-10-12)25-5-7-26(8-6-25)19(27)16-11-24-18(28-16)13-3-1-2-4-14(13)21/h1-4,9-11H,5-8H2. The van der Waals surface area contributed by atoms with Crippen molar-refractivity contribution in [3.8, 4) is 10.6 Å². The normalized spacial score (nSPS) is 14.4. The molecule has 1 amide bonds. The Morgan fingerprint density at radius 1 is 0.964 bits per heavy atom. The molecule has 1 aliphatic rings. The van der Waals surface area contributed by atoms with Crippen LogP contribution in [0.5, 0.6) is 0 Å². The fourth-order valence-electron chi connectivity index (χ4n) is 3.05. The maximum atomic E-state index is 12.9. The van der Waals surface area contributed by atoms with E-state index in [-0.39, 0.29) is 5.91 Å². The van der Waals surface area contributed by atoms with Crippen LogP contribution >= 0.6 is 46.1 Å². The summed E-state index contributed by atoms with van der Waals surface area (Å²) < 4.78 is 0. The first kappa shape index (κ1) is 19.5. The van der Waals surface area contributed by atoms with Gasteiger partial charge in [-0.05, 0) is 12.1 Å². The number of amides is 1. The topological polar surface area (TPSA) is 49.3 Å². The van der Waals surface area contributed by atoms with E-state index in [0.29, 0.717) is 51.9 Å². The average Bonchev–Trinajstić information content (AvgIpc) is 3.18. The Balaban J connectivity index is 1.44. The lowest BCUT2D eigenvalue weighted by atomic mass is 10.2. The van der Waals surface area contributed by atoms with Crippen molar-refractivity contribution in [2.24, 2.45) is 0 Å². The number of halogens is 3. The Hall–Kier alpha value is -1.86. The molecule has 5 nitrogen and oxygen atoms in total. The van der Waals surface area contributed by atoms with Crippen molar-refractivity contribution in [1.29, 1.82) is 0 Å². The number of carbonyl (C=O) groups excluding carboxylic acids is 1. The third kappa shape index (κ3) is 3.96. The first-order valence-corrected chi connectivity index (χ1v) is 10.5. The zero-order valence-corrected chi connectivity index (χ0v) is 17.7. The summed E-state index contributed by atoms with van der Waals surface area (Å²) in [6.45, 7) is 2.46. The molecule has 0 aliphatic carbocycles. The summed E-state index contributed by atoms with van der Waals surface area (Å²) in [4.78, 5) is 26.1. The fourth-order valence-corrected chi connectivity index (χ4v) is 4.75. The van der Waals surface area contributed by atoms with Gasteiger partial charge in [0.25, 0.3) is 5.91 Å². The van der Waals surface area contributed by atoms with Crippen molar-refractivity contribution in [1.82, 2.24) is 14.9 Å². The Kier molecular flexibility index (Phi) is 5.73. The van der Waals surface area contributed by atoms with Crippen LogP contribution in [0.2, 0.25) is 15.1 Å². The van der Waals surface area contributed by atoms with Gasteiger partial charge in [-0.25, -0.2) is 9.97 Å². The molecule has 0 saturated carbocycles. The third-order valence-corrected chi connectivity index (χ3v) is 6.31. The van der Waals surface area contributed by atoms with Gasteiger partial charge in [-0.2, -0.15) is 0 Å². The first-order valence-electron chi connectivity index (χ1n) is 8.59. The lowest BCUT2D eigenvalue weighted by molar-refractivity contribution is 0.0751. The summed E-state index contributed by atoms with van der Waals surface area (Å²) in [5, 5.41) is 2.38. The summed E-state index contributed by atoms with van der Waals surface area (Å²) in [6, 6.07) is 9.16. The highest BCUT2D eigenvalue weighted by molar-refractivity contribution is 7.17. The number of piperazine rings is 1. The van der Waals surface area contributed by atoms with E-state index in [0.717, 1.165) is 10.6 Å². The van der Waals surface area contributed by atoms with E-state index in [9.17, 15) is 4.79 Å². The lowest BCUT2D eigenvalue weighted by Gasteiger charge is -2.35. The lowest BCUT2D eigenvalue weighted by Crippen LogP contribution is -2.49. The SMILES string of the molecule is O=C(c1cnc(-c2ccccc2Cl)s1)N1CCN(c2ncc(Cl)cc2Cl)CC1.